The van der Waals surface area contributed by atoms with Gasteiger partial charge < -0.3 is 14.5 Å². The average molecular weight is 376 g/mol. The summed E-state index contributed by atoms with van der Waals surface area (Å²) in [6, 6.07) is 4.82. The molecule has 148 valence electrons. The average Bonchev–Trinajstić information content (AvgIpc) is 2.65. The van der Waals surface area contributed by atoms with Crippen LogP contribution in [0.3, 0.4) is 0 Å². The van der Waals surface area contributed by atoms with Crippen LogP contribution in [0.1, 0.15) is 36.8 Å². The Morgan fingerprint density at radius 2 is 2.15 bits per heavy atom. The SMILES string of the molecule is COCCCN1C(=O)CC[C@H]2CN(C(=O)Cc3ccc(F)cc3C)CC[C@H]21. The molecule has 2 atom stereocenters. The fourth-order valence-corrected chi connectivity index (χ4v) is 4.38. The van der Waals surface area contributed by atoms with Crippen molar-refractivity contribution in [3.63, 3.8) is 0 Å². The number of amides is 2. The van der Waals surface area contributed by atoms with E-state index in [0.717, 1.165) is 36.9 Å². The second-order valence-corrected chi connectivity index (χ2v) is 7.68. The maximum Gasteiger partial charge on any atom is 0.227 e. The lowest BCUT2D eigenvalue weighted by atomic mass is 9.83. The molecule has 0 radical (unpaired) electrons. The lowest BCUT2D eigenvalue weighted by Gasteiger charge is -2.47. The zero-order valence-corrected chi connectivity index (χ0v) is 16.2. The van der Waals surface area contributed by atoms with Gasteiger partial charge in [0.05, 0.1) is 6.42 Å². The van der Waals surface area contributed by atoms with Crippen molar-refractivity contribution in [2.75, 3.05) is 33.4 Å². The van der Waals surface area contributed by atoms with Crippen molar-refractivity contribution in [1.29, 1.82) is 0 Å². The van der Waals surface area contributed by atoms with E-state index in [1.165, 1.54) is 12.1 Å². The first kappa shape index (κ1) is 19.8. The number of nitrogens with zero attached hydrogens (tertiary/aromatic N) is 2. The van der Waals surface area contributed by atoms with Crippen LogP contribution in [0.2, 0.25) is 0 Å². The summed E-state index contributed by atoms with van der Waals surface area (Å²) in [4.78, 5) is 29.0. The Labute approximate surface area is 160 Å². The Morgan fingerprint density at radius 3 is 2.89 bits per heavy atom. The first-order chi connectivity index (χ1) is 13.0. The van der Waals surface area contributed by atoms with Crippen LogP contribution in [0, 0.1) is 18.7 Å². The number of piperidine rings is 2. The lowest BCUT2D eigenvalue weighted by Crippen LogP contribution is -2.57. The molecule has 2 fully saturated rings. The van der Waals surface area contributed by atoms with Gasteiger partial charge in [-0.25, -0.2) is 4.39 Å². The molecule has 0 unspecified atom stereocenters. The van der Waals surface area contributed by atoms with E-state index in [0.29, 0.717) is 38.5 Å². The van der Waals surface area contributed by atoms with Crippen LogP contribution < -0.4 is 0 Å². The number of aryl methyl sites for hydroxylation is 1. The van der Waals surface area contributed by atoms with Crippen molar-refractivity contribution < 1.29 is 18.7 Å². The summed E-state index contributed by atoms with van der Waals surface area (Å²) < 4.78 is 18.4. The number of fused-ring (bicyclic) bond motifs is 1. The van der Waals surface area contributed by atoms with E-state index in [2.05, 4.69) is 0 Å². The second kappa shape index (κ2) is 8.83. The summed E-state index contributed by atoms with van der Waals surface area (Å²) >= 11 is 0. The van der Waals surface area contributed by atoms with Crippen LogP contribution in [0.25, 0.3) is 0 Å². The summed E-state index contributed by atoms with van der Waals surface area (Å²) in [5, 5.41) is 0. The van der Waals surface area contributed by atoms with Crippen molar-refractivity contribution in [2.45, 2.75) is 45.1 Å². The second-order valence-electron chi connectivity index (χ2n) is 7.68. The van der Waals surface area contributed by atoms with E-state index in [4.69, 9.17) is 4.74 Å². The fraction of sp³-hybridized carbons (Fsp3) is 0.619. The van der Waals surface area contributed by atoms with Crippen molar-refractivity contribution >= 4 is 11.8 Å². The molecule has 0 aliphatic carbocycles. The highest BCUT2D eigenvalue weighted by atomic mass is 19.1. The summed E-state index contributed by atoms with van der Waals surface area (Å²) in [6.45, 7) is 4.61. The van der Waals surface area contributed by atoms with Gasteiger partial charge in [0, 0.05) is 45.8 Å². The number of hydrogen-bond acceptors (Lipinski definition) is 3. The van der Waals surface area contributed by atoms with Gasteiger partial charge >= 0.3 is 0 Å². The molecule has 1 aromatic rings. The highest BCUT2D eigenvalue weighted by Crippen LogP contribution is 2.31. The summed E-state index contributed by atoms with van der Waals surface area (Å²) in [7, 11) is 1.67. The van der Waals surface area contributed by atoms with Crippen molar-refractivity contribution in [1.82, 2.24) is 9.80 Å². The Bertz CT molecular complexity index is 694. The standard InChI is InChI=1S/C21H29FN2O3/c1-15-12-18(22)6-4-16(15)13-21(26)23-10-8-19-17(14-23)5-7-20(25)24(19)9-3-11-27-2/h4,6,12,17,19H,3,5,7-11,13-14H2,1-2H3/t17-,19+/m0/s1. The highest BCUT2D eigenvalue weighted by Gasteiger charge is 2.39. The molecule has 0 spiro atoms. The van der Waals surface area contributed by atoms with E-state index >= 15 is 0 Å². The molecule has 1 aromatic carbocycles. The summed E-state index contributed by atoms with van der Waals surface area (Å²) in [6.07, 6.45) is 3.40. The van der Waals surface area contributed by atoms with Crippen LogP contribution in [-0.2, 0) is 20.7 Å². The Morgan fingerprint density at radius 1 is 1.33 bits per heavy atom. The van der Waals surface area contributed by atoms with E-state index < -0.39 is 0 Å². The fourth-order valence-electron chi connectivity index (χ4n) is 4.38. The van der Waals surface area contributed by atoms with Crippen molar-refractivity contribution in [2.24, 2.45) is 5.92 Å². The largest absolute Gasteiger partial charge is 0.385 e. The monoisotopic (exact) mass is 376 g/mol. The molecule has 2 saturated heterocycles. The molecule has 2 amide bonds. The molecule has 0 saturated carbocycles. The molecule has 6 heteroatoms. The number of hydrogen-bond donors (Lipinski definition) is 0. The number of ether oxygens (including phenoxy) is 1. The molecule has 3 rings (SSSR count). The van der Waals surface area contributed by atoms with E-state index in [1.807, 2.05) is 16.7 Å². The van der Waals surface area contributed by atoms with E-state index in [1.54, 1.807) is 13.2 Å². The molecule has 0 aromatic heterocycles. The van der Waals surface area contributed by atoms with Crippen LogP contribution in [0.15, 0.2) is 18.2 Å². The quantitative estimate of drug-likeness (QED) is 0.717. The molecule has 2 aliphatic heterocycles. The van der Waals surface area contributed by atoms with Gasteiger partial charge in [-0.15, -0.1) is 0 Å². The van der Waals surface area contributed by atoms with Gasteiger partial charge in [-0.1, -0.05) is 6.07 Å². The third-order valence-electron chi connectivity index (χ3n) is 5.89. The number of rotatable bonds is 6. The summed E-state index contributed by atoms with van der Waals surface area (Å²) in [5.74, 6) is 0.391. The Balaban J connectivity index is 1.60. The third-order valence-corrected chi connectivity index (χ3v) is 5.89. The van der Waals surface area contributed by atoms with Gasteiger partial charge in [0.2, 0.25) is 11.8 Å². The van der Waals surface area contributed by atoms with Gasteiger partial charge in [-0.05, 0) is 55.4 Å². The maximum atomic E-state index is 13.3. The minimum absolute atomic E-state index is 0.0889. The molecule has 27 heavy (non-hydrogen) atoms. The van der Waals surface area contributed by atoms with Crippen molar-refractivity contribution in [3.8, 4) is 0 Å². The molecule has 2 heterocycles. The predicted molar refractivity (Wildman–Crippen MR) is 101 cm³/mol. The number of benzene rings is 1. The Kier molecular flexibility index (Phi) is 6.47. The zero-order chi connectivity index (χ0) is 19.4. The first-order valence-corrected chi connectivity index (χ1v) is 9.81. The van der Waals surface area contributed by atoms with Gasteiger partial charge in [0.15, 0.2) is 0 Å². The number of methoxy groups -OCH3 is 1. The number of carbonyl (C=O) groups is 2. The molecule has 0 N–H and O–H groups in total. The number of likely N-dealkylation sites (tertiary alicyclic amines) is 2. The molecule has 5 nitrogen and oxygen atoms in total. The van der Waals surface area contributed by atoms with Crippen LogP contribution >= 0.6 is 0 Å². The van der Waals surface area contributed by atoms with Gasteiger partial charge in [0.1, 0.15) is 5.82 Å². The van der Waals surface area contributed by atoms with Crippen LogP contribution in [0.4, 0.5) is 4.39 Å². The van der Waals surface area contributed by atoms with Gasteiger partial charge in [-0.2, -0.15) is 0 Å². The minimum atomic E-state index is -0.273. The van der Waals surface area contributed by atoms with Crippen LogP contribution in [0.5, 0.6) is 0 Å². The lowest BCUT2D eigenvalue weighted by molar-refractivity contribution is -0.144. The van der Waals surface area contributed by atoms with Gasteiger partial charge in [-0.3, -0.25) is 9.59 Å². The van der Waals surface area contributed by atoms with Gasteiger partial charge in [0.25, 0.3) is 0 Å². The summed E-state index contributed by atoms with van der Waals surface area (Å²) in [5.41, 5.74) is 1.69. The van der Waals surface area contributed by atoms with Crippen LogP contribution in [-0.4, -0.2) is 61.0 Å². The topological polar surface area (TPSA) is 49.9 Å². The third kappa shape index (κ3) is 4.67. The van der Waals surface area contributed by atoms with Crippen molar-refractivity contribution in [3.05, 3.63) is 35.1 Å². The maximum absolute atomic E-state index is 13.3. The molecular weight excluding hydrogens is 347 g/mol. The highest BCUT2D eigenvalue weighted by molar-refractivity contribution is 5.80. The molecule has 0 bridgehead atoms. The van der Waals surface area contributed by atoms with E-state index in [-0.39, 0.29) is 23.7 Å². The first-order valence-electron chi connectivity index (χ1n) is 9.81. The number of carbonyl (C=O) groups excluding carboxylic acids is 2. The Hall–Kier alpha value is -1.95. The number of halogens is 1. The predicted octanol–water partition coefficient (Wildman–Crippen LogP) is 2.55. The molecular formula is C21H29FN2O3. The smallest absolute Gasteiger partial charge is 0.227 e. The normalized spacial score (nSPS) is 22.7. The van der Waals surface area contributed by atoms with E-state index in [9.17, 15) is 14.0 Å². The minimum Gasteiger partial charge on any atom is -0.385 e. The zero-order valence-electron chi connectivity index (χ0n) is 16.2. The molecule has 2 aliphatic rings.